The molecular formula is C11H15NO2. The topological polar surface area (TPSA) is 43.1 Å². The van der Waals surface area contributed by atoms with Gasteiger partial charge in [0.15, 0.2) is 0 Å². The SMILES string of the molecule is C/C=C/c1ccc([N+](=O)[O-])cc1.CC. The van der Waals surface area contributed by atoms with E-state index in [1.165, 1.54) is 12.1 Å². The van der Waals surface area contributed by atoms with Crippen LogP contribution in [0.25, 0.3) is 6.08 Å². The molecule has 76 valence electrons. The number of allylic oxidation sites excluding steroid dienone is 1. The minimum absolute atomic E-state index is 0.128. The molecule has 14 heavy (non-hydrogen) atoms. The van der Waals surface area contributed by atoms with Gasteiger partial charge in [0.05, 0.1) is 4.92 Å². The highest BCUT2D eigenvalue weighted by Gasteiger charge is 2.01. The van der Waals surface area contributed by atoms with Crippen molar-refractivity contribution in [1.29, 1.82) is 0 Å². The van der Waals surface area contributed by atoms with Gasteiger partial charge in [-0.15, -0.1) is 0 Å². The lowest BCUT2D eigenvalue weighted by molar-refractivity contribution is -0.384. The third kappa shape index (κ3) is 3.85. The highest BCUT2D eigenvalue weighted by molar-refractivity contribution is 5.51. The average molecular weight is 193 g/mol. The Hall–Kier alpha value is -1.64. The van der Waals surface area contributed by atoms with Crippen LogP contribution in [0.4, 0.5) is 5.69 Å². The smallest absolute Gasteiger partial charge is 0.258 e. The fourth-order valence-corrected chi connectivity index (χ4v) is 0.900. The van der Waals surface area contributed by atoms with E-state index >= 15 is 0 Å². The van der Waals surface area contributed by atoms with Crippen LogP contribution < -0.4 is 0 Å². The maximum atomic E-state index is 10.3. The van der Waals surface area contributed by atoms with Crippen molar-refractivity contribution in [3.05, 3.63) is 46.0 Å². The Bertz CT molecular complexity index is 302. The Morgan fingerprint density at radius 1 is 1.21 bits per heavy atom. The molecule has 3 heteroatoms. The van der Waals surface area contributed by atoms with E-state index in [1.807, 2.05) is 32.9 Å². The summed E-state index contributed by atoms with van der Waals surface area (Å²) < 4.78 is 0. The van der Waals surface area contributed by atoms with Crippen LogP contribution in [0.5, 0.6) is 0 Å². The second-order valence-electron chi connectivity index (χ2n) is 2.35. The van der Waals surface area contributed by atoms with Crippen molar-refractivity contribution in [1.82, 2.24) is 0 Å². The van der Waals surface area contributed by atoms with Crippen LogP contribution in [0, 0.1) is 10.1 Å². The fourth-order valence-electron chi connectivity index (χ4n) is 0.900. The number of nitro groups is 1. The summed E-state index contributed by atoms with van der Waals surface area (Å²) in [5.41, 5.74) is 1.10. The predicted molar refractivity (Wildman–Crippen MR) is 59.2 cm³/mol. The molecule has 0 unspecified atom stereocenters. The standard InChI is InChI=1S/C9H9NO2.C2H6/c1-2-3-8-4-6-9(7-5-8)10(11)12;1-2/h2-7H,1H3;1-2H3/b3-2+;. The number of hydrogen-bond acceptors (Lipinski definition) is 2. The number of hydrogen-bond donors (Lipinski definition) is 0. The third-order valence-corrected chi connectivity index (χ3v) is 1.46. The van der Waals surface area contributed by atoms with Crippen molar-refractivity contribution < 1.29 is 4.92 Å². The van der Waals surface area contributed by atoms with E-state index in [1.54, 1.807) is 12.1 Å². The Kier molecular flexibility index (Phi) is 6.03. The molecule has 0 aromatic heterocycles. The first-order chi connectivity index (χ1) is 6.74. The van der Waals surface area contributed by atoms with Crippen molar-refractivity contribution >= 4 is 11.8 Å². The van der Waals surface area contributed by atoms with Crippen LogP contribution in [-0.2, 0) is 0 Å². The maximum Gasteiger partial charge on any atom is 0.269 e. The molecule has 0 radical (unpaired) electrons. The average Bonchev–Trinajstić information content (AvgIpc) is 2.22. The third-order valence-electron chi connectivity index (χ3n) is 1.46. The van der Waals surface area contributed by atoms with Gasteiger partial charge in [-0.3, -0.25) is 10.1 Å². The van der Waals surface area contributed by atoms with Gasteiger partial charge in [-0.05, 0) is 24.6 Å². The summed E-state index contributed by atoms with van der Waals surface area (Å²) in [5.74, 6) is 0. The normalized spacial score (nSPS) is 9.36. The van der Waals surface area contributed by atoms with Crippen LogP contribution >= 0.6 is 0 Å². The molecule has 1 aromatic carbocycles. The molecular weight excluding hydrogens is 178 g/mol. The van der Waals surface area contributed by atoms with Crippen molar-refractivity contribution in [2.75, 3.05) is 0 Å². The van der Waals surface area contributed by atoms with Gasteiger partial charge in [0.25, 0.3) is 5.69 Å². The van der Waals surface area contributed by atoms with Gasteiger partial charge in [0.1, 0.15) is 0 Å². The van der Waals surface area contributed by atoms with Crippen LogP contribution in [0.2, 0.25) is 0 Å². The van der Waals surface area contributed by atoms with Crippen LogP contribution in [0.3, 0.4) is 0 Å². The molecule has 0 fully saturated rings. The Balaban J connectivity index is 0.000000791. The van der Waals surface area contributed by atoms with E-state index in [9.17, 15) is 10.1 Å². The monoisotopic (exact) mass is 193 g/mol. The molecule has 0 amide bonds. The highest BCUT2D eigenvalue weighted by atomic mass is 16.6. The Labute approximate surface area is 84.2 Å². The number of nitrogens with zero attached hydrogens (tertiary/aromatic N) is 1. The van der Waals surface area contributed by atoms with E-state index in [2.05, 4.69) is 0 Å². The molecule has 0 heterocycles. The predicted octanol–water partition coefficient (Wildman–Crippen LogP) is 3.65. The van der Waals surface area contributed by atoms with Crippen molar-refractivity contribution in [2.45, 2.75) is 20.8 Å². The number of benzene rings is 1. The van der Waals surface area contributed by atoms with Gasteiger partial charge in [-0.25, -0.2) is 0 Å². The molecule has 0 N–H and O–H groups in total. The lowest BCUT2D eigenvalue weighted by Gasteiger charge is -1.91. The summed E-state index contributed by atoms with van der Waals surface area (Å²) in [6.07, 6.45) is 3.78. The van der Waals surface area contributed by atoms with Crippen molar-refractivity contribution in [3.8, 4) is 0 Å². The fraction of sp³-hybridized carbons (Fsp3) is 0.273. The van der Waals surface area contributed by atoms with E-state index in [0.29, 0.717) is 0 Å². The van der Waals surface area contributed by atoms with Gasteiger partial charge < -0.3 is 0 Å². The minimum Gasteiger partial charge on any atom is -0.258 e. The quantitative estimate of drug-likeness (QED) is 0.531. The summed E-state index contributed by atoms with van der Waals surface area (Å²) in [6, 6.07) is 6.43. The van der Waals surface area contributed by atoms with E-state index in [-0.39, 0.29) is 5.69 Å². The zero-order chi connectivity index (χ0) is 11.0. The first-order valence-electron chi connectivity index (χ1n) is 4.61. The number of nitro benzene ring substituents is 1. The van der Waals surface area contributed by atoms with Gasteiger partial charge >= 0.3 is 0 Å². The minimum atomic E-state index is -0.403. The summed E-state index contributed by atoms with van der Waals surface area (Å²) in [7, 11) is 0. The molecule has 0 saturated heterocycles. The second-order valence-corrected chi connectivity index (χ2v) is 2.35. The number of non-ortho nitro benzene ring substituents is 1. The molecule has 1 rings (SSSR count). The summed E-state index contributed by atoms with van der Waals surface area (Å²) >= 11 is 0. The molecule has 0 aliphatic carbocycles. The molecule has 0 aliphatic rings. The summed E-state index contributed by atoms with van der Waals surface area (Å²) in [4.78, 5) is 9.85. The van der Waals surface area contributed by atoms with E-state index < -0.39 is 4.92 Å². The zero-order valence-electron chi connectivity index (χ0n) is 8.73. The molecule has 0 bridgehead atoms. The maximum absolute atomic E-state index is 10.3. The lowest BCUT2D eigenvalue weighted by Crippen LogP contribution is -1.86. The first kappa shape index (κ1) is 12.4. The van der Waals surface area contributed by atoms with Gasteiger partial charge in [-0.2, -0.15) is 0 Å². The summed E-state index contributed by atoms with van der Waals surface area (Å²) in [6.45, 7) is 5.90. The molecule has 1 aromatic rings. The zero-order valence-corrected chi connectivity index (χ0v) is 8.73. The Morgan fingerprint density at radius 3 is 2.07 bits per heavy atom. The lowest BCUT2D eigenvalue weighted by atomic mass is 10.2. The molecule has 0 saturated carbocycles. The molecule has 0 aliphatic heterocycles. The number of rotatable bonds is 2. The largest absolute Gasteiger partial charge is 0.269 e. The van der Waals surface area contributed by atoms with Crippen LogP contribution in [0.1, 0.15) is 26.3 Å². The van der Waals surface area contributed by atoms with Gasteiger partial charge in [-0.1, -0.05) is 26.0 Å². The first-order valence-corrected chi connectivity index (χ1v) is 4.61. The highest BCUT2D eigenvalue weighted by Crippen LogP contribution is 2.12. The van der Waals surface area contributed by atoms with E-state index in [0.717, 1.165) is 5.56 Å². The van der Waals surface area contributed by atoms with Crippen LogP contribution in [-0.4, -0.2) is 4.92 Å². The van der Waals surface area contributed by atoms with Crippen LogP contribution in [0.15, 0.2) is 30.3 Å². The van der Waals surface area contributed by atoms with E-state index in [4.69, 9.17) is 0 Å². The molecule has 0 spiro atoms. The Morgan fingerprint density at radius 2 is 1.71 bits per heavy atom. The second kappa shape index (κ2) is 6.83. The van der Waals surface area contributed by atoms with Crippen molar-refractivity contribution in [3.63, 3.8) is 0 Å². The summed E-state index contributed by atoms with van der Waals surface area (Å²) in [5, 5.41) is 10.3. The van der Waals surface area contributed by atoms with Gasteiger partial charge in [0, 0.05) is 12.1 Å². The molecule has 0 atom stereocenters. The molecule has 3 nitrogen and oxygen atoms in total. The van der Waals surface area contributed by atoms with Gasteiger partial charge in [0.2, 0.25) is 0 Å². The van der Waals surface area contributed by atoms with Crippen molar-refractivity contribution in [2.24, 2.45) is 0 Å².